The smallest absolute Gasteiger partial charge is 0.408 e. The van der Waals surface area contributed by atoms with Gasteiger partial charge in [-0.15, -0.1) is 0 Å². The van der Waals surface area contributed by atoms with E-state index in [9.17, 15) is 9.59 Å². The number of hydrogen-bond donors (Lipinski definition) is 2. The first-order chi connectivity index (χ1) is 7.76. The average Bonchev–Trinajstić information content (AvgIpc) is 2.19. The Morgan fingerprint density at radius 2 is 2.06 bits per heavy atom. The number of allylic oxidation sites excluding steroid dienone is 1. The van der Waals surface area contributed by atoms with Gasteiger partial charge in [0.25, 0.3) is 0 Å². The van der Waals surface area contributed by atoms with E-state index in [1.165, 1.54) is 6.08 Å². The number of carbonyl (C=O) groups excluding carboxylic acids is 1. The van der Waals surface area contributed by atoms with Gasteiger partial charge in [-0.1, -0.05) is 53.9 Å². The second-order valence-electron chi connectivity index (χ2n) is 2.99. The zero-order chi connectivity index (χ0) is 13.5. The molecule has 0 aliphatic carbocycles. The van der Waals surface area contributed by atoms with Crippen molar-refractivity contribution in [3.63, 3.8) is 0 Å². The number of alkyl carbamates (subject to hydrolysis) is 1. The van der Waals surface area contributed by atoms with Gasteiger partial charge < -0.3 is 15.2 Å². The number of hydrogen-bond acceptors (Lipinski definition) is 3. The molecular weight excluding hydrogens is 292 g/mol. The van der Waals surface area contributed by atoms with Crippen molar-refractivity contribution in [2.24, 2.45) is 0 Å². The lowest BCUT2D eigenvalue weighted by atomic mass is 10.2. The van der Waals surface area contributed by atoms with E-state index >= 15 is 0 Å². The molecule has 0 aromatic rings. The summed E-state index contributed by atoms with van der Waals surface area (Å²) in [6, 6.07) is -1.17. The molecule has 0 heterocycles. The number of carbonyl (C=O) groups is 2. The fourth-order valence-electron chi connectivity index (χ4n) is 0.780. The highest BCUT2D eigenvalue weighted by atomic mass is 35.6. The Bertz CT molecular complexity index is 301. The zero-order valence-corrected chi connectivity index (χ0v) is 11.2. The van der Waals surface area contributed by atoms with Gasteiger partial charge in [0.1, 0.15) is 12.6 Å². The van der Waals surface area contributed by atoms with Crippen LogP contribution in [0.15, 0.2) is 12.2 Å². The van der Waals surface area contributed by atoms with Crippen LogP contribution in [0.1, 0.15) is 13.3 Å². The summed E-state index contributed by atoms with van der Waals surface area (Å²) in [4.78, 5) is 21.9. The van der Waals surface area contributed by atoms with Crippen LogP contribution < -0.4 is 5.32 Å². The lowest BCUT2D eigenvalue weighted by Crippen LogP contribution is -2.40. The number of carboxylic acids is 1. The maximum atomic E-state index is 11.2. The third-order valence-corrected chi connectivity index (χ3v) is 1.80. The van der Waals surface area contributed by atoms with Gasteiger partial charge in [-0.05, 0) is 6.42 Å². The number of carboxylic acid groups (broad SMARTS) is 1. The SMILES string of the molecule is CC/C=C/[C@@H](NC(=O)OCC(Cl)(Cl)Cl)C(=O)O. The molecule has 0 unspecified atom stereocenters. The van der Waals surface area contributed by atoms with Crippen LogP contribution in [0.25, 0.3) is 0 Å². The third kappa shape index (κ3) is 9.09. The first kappa shape index (κ1) is 16.4. The maximum absolute atomic E-state index is 11.2. The molecule has 1 atom stereocenters. The summed E-state index contributed by atoms with van der Waals surface area (Å²) in [5, 5.41) is 10.9. The number of alkyl halides is 3. The second kappa shape index (κ2) is 7.63. The van der Waals surface area contributed by atoms with Crippen molar-refractivity contribution in [2.45, 2.75) is 23.2 Å². The number of ether oxygens (including phenoxy) is 1. The normalized spacial score (nSPS) is 13.4. The van der Waals surface area contributed by atoms with Crippen molar-refractivity contribution in [2.75, 3.05) is 6.61 Å². The molecule has 0 aliphatic heterocycles. The monoisotopic (exact) mass is 303 g/mol. The molecule has 1 amide bonds. The summed E-state index contributed by atoms with van der Waals surface area (Å²) in [6.07, 6.45) is 2.62. The summed E-state index contributed by atoms with van der Waals surface area (Å²) in [5.74, 6) is -1.21. The molecule has 5 nitrogen and oxygen atoms in total. The van der Waals surface area contributed by atoms with E-state index in [0.717, 1.165) is 0 Å². The first-order valence-electron chi connectivity index (χ1n) is 4.65. The minimum Gasteiger partial charge on any atom is -0.479 e. The minimum absolute atomic E-state index is 0.465. The molecule has 0 saturated carbocycles. The number of aliphatic carboxylic acids is 1. The van der Waals surface area contributed by atoms with Gasteiger partial charge in [0.05, 0.1) is 0 Å². The Morgan fingerprint density at radius 1 is 1.47 bits per heavy atom. The van der Waals surface area contributed by atoms with Gasteiger partial charge >= 0.3 is 12.1 Å². The topological polar surface area (TPSA) is 75.6 Å². The zero-order valence-electron chi connectivity index (χ0n) is 8.95. The molecule has 0 aliphatic rings. The number of rotatable bonds is 5. The summed E-state index contributed by atoms with van der Waals surface area (Å²) >= 11 is 16.1. The van der Waals surface area contributed by atoms with Crippen LogP contribution in [-0.4, -0.2) is 33.6 Å². The van der Waals surface area contributed by atoms with Crippen LogP contribution in [-0.2, 0) is 9.53 Å². The van der Waals surface area contributed by atoms with Crippen LogP contribution in [0.3, 0.4) is 0 Å². The number of halogens is 3. The van der Waals surface area contributed by atoms with E-state index in [1.807, 2.05) is 6.92 Å². The van der Waals surface area contributed by atoms with Crippen LogP contribution >= 0.6 is 34.8 Å². The van der Waals surface area contributed by atoms with Crippen molar-refractivity contribution < 1.29 is 19.4 Å². The number of amides is 1. The lowest BCUT2D eigenvalue weighted by Gasteiger charge is -2.14. The van der Waals surface area contributed by atoms with Crippen LogP contribution in [0.2, 0.25) is 0 Å². The fraction of sp³-hybridized carbons (Fsp3) is 0.556. The molecule has 0 fully saturated rings. The van der Waals surface area contributed by atoms with Crippen LogP contribution in [0, 0.1) is 0 Å². The standard InChI is InChI=1S/C9H12Cl3NO4/c1-2-3-4-6(7(14)15)13-8(16)17-5-9(10,11)12/h3-4,6H,2,5H2,1H3,(H,13,16)(H,14,15)/b4-3+/t6-/m1/s1. The average molecular weight is 305 g/mol. The van der Waals surface area contributed by atoms with Gasteiger partial charge in [0, 0.05) is 0 Å². The summed E-state index contributed by atoms with van der Waals surface area (Å²) in [7, 11) is 0. The maximum Gasteiger partial charge on any atom is 0.408 e. The molecule has 98 valence electrons. The predicted molar refractivity (Wildman–Crippen MR) is 65.6 cm³/mol. The van der Waals surface area contributed by atoms with E-state index in [-0.39, 0.29) is 0 Å². The molecule has 0 radical (unpaired) electrons. The molecule has 8 heteroatoms. The van der Waals surface area contributed by atoms with Gasteiger partial charge in [0.15, 0.2) is 0 Å². The largest absolute Gasteiger partial charge is 0.479 e. The van der Waals surface area contributed by atoms with Gasteiger partial charge in [-0.2, -0.15) is 0 Å². The summed E-state index contributed by atoms with van der Waals surface area (Å²) < 4.78 is 2.80. The first-order valence-corrected chi connectivity index (χ1v) is 5.79. The third-order valence-electron chi connectivity index (χ3n) is 1.47. The van der Waals surface area contributed by atoms with Gasteiger partial charge in [-0.25, -0.2) is 9.59 Å². The highest BCUT2D eigenvalue weighted by molar-refractivity contribution is 6.67. The molecule has 0 saturated heterocycles. The van der Waals surface area contributed by atoms with Gasteiger partial charge in [0.2, 0.25) is 3.79 Å². The van der Waals surface area contributed by atoms with Gasteiger partial charge in [-0.3, -0.25) is 0 Å². The van der Waals surface area contributed by atoms with E-state index in [1.54, 1.807) is 6.08 Å². The molecule has 0 aromatic heterocycles. The van der Waals surface area contributed by atoms with Crippen LogP contribution in [0.4, 0.5) is 4.79 Å². The highest BCUT2D eigenvalue weighted by Crippen LogP contribution is 2.25. The Kier molecular flexibility index (Phi) is 7.34. The minimum atomic E-state index is -1.73. The van der Waals surface area contributed by atoms with Crippen molar-refractivity contribution in [3.8, 4) is 0 Å². The molecule has 17 heavy (non-hydrogen) atoms. The molecule has 2 N–H and O–H groups in total. The molecule has 0 spiro atoms. The number of nitrogens with one attached hydrogen (secondary N) is 1. The van der Waals surface area contributed by atoms with Crippen molar-refractivity contribution >= 4 is 46.9 Å². The predicted octanol–water partition coefficient (Wildman–Crippen LogP) is 2.50. The molecule has 0 aromatic carbocycles. The van der Waals surface area contributed by atoms with E-state index in [2.05, 4.69) is 10.1 Å². The van der Waals surface area contributed by atoms with E-state index in [0.29, 0.717) is 6.42 Å². The summed E-state index contributed by atoms with van der Waals surface area (Å²) in [6.45, 7) is 1.36. The fourth-order valence-corrected chi connectivity index (χ4v) is 0.944. The quantitative estimate of drug-likeness (QED) is 0.604. The van der Waals surface area contributed by atoms with E-state index in [4.69, 9.17) is 39.9 Å². The molecule has 0 bridgehead atoms. The van der Waals surface area contributed by atoms with Crippen molar-refractivity contribution in [3.05, 3.63) is 12.2 Å². The molecular formula is C9H12Cl3NO4. The Morgan fingerprint density at radius 3 is 2.47 bits per heavy atom. The highest BCUT2D eigenvalue weighted by Gasteiger charge is 2.24. The Hall–Kier alpha value is -0.650. The lowest BCUT2D eigenvalue weighted by molar-refractivity contribution is -0.138. The molecule has 0 rings (SSSR count). The second-order valence-corrected chi connectivity index (χ2v) is 5.50. The summed E-state index contributed by atoms with van der Waals surface area (Å²) in [5.41, 5.74) is 0. The Balaban J connectivity index is 4.23. The van der Waals surface area contributed by atoms with Crippen molar-refractivity contribution in [1.29, 1.82) is 0 Å². The Labute approximate surface area is 114 Å². The van der Waals surface area contributed by atoms with E-state index < -0.39 is 28.5 Å². The van der Waals surface area contributed by atoms with Crippen LogP contribution in [0.5, 0.6) is 0 Å². The van der Waals surface area contributed by atoms with Crippen molar-refractivity contribution in [1.82, 2.24) is 5.32 Å².